The van der Waals surface area contributed by atoms with Crippen molar-refractivity contribution in [2.45, 2.75) is 57.4 Å². The lowest BCUT2D eigenvalue weighted by Crippen LogP contribution is -2.24. The molecule has 0 aromatic heterocycles. The van der Waals surface area contributed by atoms with Crippen LogP contribution in [0.5, 0.6) is 0 Å². The number of aryl methyl sites for hydroxylation is 1. The van der Waals surface area contributed by atoms with Gasteiger partial charge in [-0.1, -0.05) is 73.9 Å². The van der Waals surface area contributed by atoms with Gasteiger partial charge in [0.1, 0.15) is 5.82 Å². The topological polar surface area (TPSA) is 9.23 Å². The summed E-state index contributed by atoms with van der Waals surface area (Å²) in [4.78, 5) is 0. The van der Waals surface area contributed by atoms with Crippen LogP contribution in [0, 0.1) is 17.5 Å². The van der Waals surface area contributed by atoms with Crippen molar-refractivity contribution in [3.05, 3.63) is 95.3 Å². The Hall–Kier alpha value is -2.79. The fourth-order valence-electron chi connectivity index (χ4n) is 4.63. The molecule has 5 heteroatoms. The number of allylic oxidation sites excluding steroid dienone is 2. The molecule has 0 N–H and O–H groups in total. The summed E-state index contributed by atoms with van der Waals surface area (Å²) in [7, 11) is 5.67. The highest BCUT2D eigenvalue weighted by Gasteiger charge is 2.22. The number of halogens is 3. The number of hydrogen-bond donors (Lipinski definition) is 0. The summed E-state index contributed by atoms with van der Waals surface area (Å²) in [6.45, 7) is 2.58. The number of benzene rings is 3. The maximum absolute atomic E-state index is 15.0. The molecular weight excluding hydrogens is 444 g/mol. The van der Waals surface area contributed by atoms with Gasteiger partial charge in [0.15, 0.2) is 11.6 Å². The summed E-state index contributed by atoms with van der Waals surface area (Å²) < 4.78 is 50.2. The molecular formula is C30H30BF3O. The van der Waals surface area contributed by atoms with Gasteiger partial charge in [-0.25, -0.2) is 13.2 Å². The van der Waals surface area contributed by atoms with E-state index in [1.807, 2.05) is 25.1 Å². The Morgan fingerprint density at radius 1 is 0.886 bits per heavy atom. The minimum atomic E-state index is -0.850. The molecule has 0 aliphatic carbocycles. The Kier molecular flexibility index (Phi) is 8.51. The second kappa shape index (κ2) is 11.8. The van der Waals surface area contributed by atoms with Crippen LogP contribution >= 0.6 is 0 Å². The molecule has 1 heterocycles. The molecule has 1 aliphatic rings. The average Bonchev–Trinajstić information content (AvgIpc) is 2.89. The lowest BCUT2D eigenvalue weighted by atomic mass is 9.86. The highest BCUT2D eigenvalue weighted by atomic mass is 19.2. The third-order valence-electron chi connectivity index (χ3n) is 6.75. The van der Waals surface area contributed by atoms with Gasteiger partial charge in [0.2, 0.25) is 0 Å². The van der Waals surface area contributed by atoms with Crippen LogP contribution in [0.25, 0.3) is 22.3 Å². The zero-order valence-electron chi connectivity index (χ0n) is 20.1. The molecule has 180 valence electrons. The molecule has 3 aromatic rings. The average molecular weight is 474 g/mol. The van der Waals surface area contributed by atoms with Crippen LogP contribution < -0.4 is 0 Å². The van der Waals surface area contributed by atoms with Crippen LogP contribution in [-0.2, 0) is 11.2 Å². The summed E-state index contributed by atoms with van der Waals surface area (Å²) in [5, 5.41) is 0. The van der Waals surface area contributed by atoms with E-state index in [0.717, 1.165) is 24.8 Å². The number of hydrogen-bond acceptors (Lipinski definition) is 1. The summed E-state index contributed by atoms with van der Waals surface area (Å²) in [6, 6.07) is 15.4. The molecule has 35 heavy (non-hydrogen) atoms. The van der Waals surface area contributed by atoms with Gasteiger partial charge >= 0.3 is 0 Å². The summed E-state index contributed by atoms with van der Waals surface area (Å²) in [6.07, 6.45) is 8.44. The van der Waals surface area contributed by atoms with Crippen molar-refractivity contribution < 1.29 is 17.9 Å². The maximum atomic E-state index is 15.0. The smallest absolute Gasteiger partial charge is 0.166 e. The third kappa shape index (κ3) is 5.90. The third-order valence-corrected chi connectivity index (χ3v) is 6.75. The van der Waals surface area contributed by atoms with Gasteiger partial charge in [-0.2, -0.15) is 0 Å². The van der Waals surface area contributed by atoms with Crippen LogP contribution in [0.3, 0.4) is 0 Å². The molecule has 1 aliphatic heterocycles. The minimum absolute atomic E-state index is 0.0892. The van der Waals surface area contributed by atoms with Crippen LogP contribution in [0.15, 0.2) is 66.7 Å². The first-order valence-electron chi connectivity index (χ1n) is 12.4. The molecule has 3 aromatic carbocycles. The quantitative estimate of drug-likeness (QED) is 0.236. The molecule has 2 atom stereocenters. The molecule has 1 nitrogen and oxygen atoms in total. The summed E-state index contributed by atoms with van der Waals surface area (Å²) >= 11 is 0. The summed E-state index contributed by atoms with van der Waals surface area (Å²) in [5.41, 5.74) is 3.19. The molecule has 1 fully saturated rings. The highest BCUT2D eigenvalue weighted by molar-refractivity contribution is 6.08. The summed E-state index contributed by atoms with van der Waals surface area (Å²) in [5.74, 6) is -1.80. The molecule has 4 rings (SSSR count). The van der Waals surface area contributed by atoms with Gasteiger partial charge in [-0.15, -0.1) is 0 Å². The molecule has 2 radical (unpaired) electrons. The highest BCUT2D eigenvalue weighted by Crippen LogP contribution is 2.34. The molecule has 0 amide bonds. The molecule has 0 bridgehead atoms. The second-order valence-electron chi connectivity index (χ2n) is 9.10. The lowest BCUT2D eigenvalue weighted by Gasteiger charge is -2.29. The Morgan fingerprint density at radius 3 is 2.23 bits per heavy atom. The van der Waals surface area contributed by atoms with Crippen molar-refractivity contribution in [2.75, 3.05) is 6.61 Å². The largest absolute Gasteiger partial charge is 0.378 e. The standard InChI is InChI=1S/C30H30BF3O/c1-2-3-4-5-6-22-12-16-27(30(34)29(22)33)21-9-7-20(8-10-21)26-15-13-23(17-28(26)32)24-11-14-25(18-31)35-19-24/h3-4,7-10,12-13,15-17,24-25H,2,5-6,11,14,18-19H2,1H3/b4-3+. The van der Waals surface area contributed by atoms with Crippen molar-refractivity contribution in [3.63, 3.8) is 0 Å². The van der Waals surface area contributed by atoms with Gasteiger partial charge in [0.25, 0.3) is 0 Å². The zero-order chi connectivity index (χ0) is 24.8. The van der Waals surface area contributed by atoms with Crippen molar-refractivity contribution >= 4 is 7.85 Å². The van der Waals surface area contributed by atoms with Gasteiger partial charge in [0.05, 0.1) is 14.5 Å². The van der Waals surface area contributed by atoms with Crippen molar-refractivity contribution in [2.24, 2.45) is 0 Å². The maximum Gasteiger partial charge on any atom is 0.166 e. The lowest BCUT2D eigenvalue weighted by molar-refractivity contribution is 0.0158. The Morgan fingerprint density at radius 2 is 1.60 bits per heavy atom. The van der Waals surface area contributed by atoms with Crippen LogP contribution in [0.1, 0.15) is 49.7 Å². The van der Waals surface area contributed by atoms with E-state index in [0.29, 0.717) is 48.0 Å². The number of ether oxygens (including phenoxy) is 1. The van der Waals surface area contributed by atoms with E-state index in [4.69, 9.17) is 12.6 Å². The van der Waals surface area contributed by atoms with E-state index >= 15 is 0 Å². The first-order valence-corrected chi connectivity index (χ1v) is 12.4. The fourth-order valence-corrected chi connectivity index (χ4v) is 4.63. The SMILES string of the molecule is [B]CC1CCC(c2ccc(-c3ccc(-c4ccc(CC/C=C/CC)c(F)c4F)cc3)c(F)c2)CO1. The Balaban J connectivity index is 1.49. The fraction of sp³-hybridized carbons (Fsp3) is 0.333. The predicted molar refractivity (Wildman–Crippen MR) is 137 cm³/mol. The molecule has 2 unspecified atom stereocenters. The van der Waals surface area contributed by atoms with E-state index in [1.54, 1.807) is 48.5 Å². The number of rotatable bonds is 8. The van der Waals surface area contributed by atoms with E-state index in [1.165, 1.54) is 0 Å². The van der Waals surface area contributed by atoms with Gasteiger partial charge in [-0.3, -0.25) is 0 Å². The molecule has 0 saturated carbocycles. The van der Waals surface area contributed by atoms with Crippen molar-refractivity contribution in [1.29, 1.82) is 0 Å². The van der Waals surface area contributed by atoms with Crippen molar-refractivity contribution in [1.82, 2.24) is 0 Å². The van der Waals surface area contributed by atoms with Gasteiger partial charge < -0.3 is 4.74 Å². The van der Waals surface area contributed by atoms with Gasteiger partial charge in [0, 0.05) is 23.1 Å². The molecule has 1 saturated heterocycles. The first-order chi connectivity index (χ1) is 17.0. The predicted octanol–water partition coefficient (Wildman–Crippen LogP) is 8.19. The van der Waals surface area contributed by atoms with Crippen molar-refractivity contribution in [3.8, 4) is 22.3 Å². The minimum Gasteiger partial charge on any atom is -0.378 e. The van der Waals surface area contributed by atoms with E-state index in [9.17, 15) is 13.2 Å². The van der Waals surface area contributed by atoms with Crippen LogP contribution in [-0.4, -0.2) is 20.6 Å². The van der Waals surface area contributed by atoms with E-state index < -0.39 is 11.6 Å². The molecule has 0 spiro atoms. The zero-order valence-corrected chi connectivity index (χ0v) is 20.1. The Labute approximate surface area is 207 Å². The van der Waals surface area contributed by atoms with Crippen LogP contribution in [0.4, 0.5) is 13.2 Å². The monoisotopic (exact) mass is 474 g/mol. The van der Waals surface area contributed by atoms with Crippen LogP contribution in [0.2, 0.25) is 6.32 Å². The first kappa shape index (κ1) is 25.3. The Bertz CT molecular complexity index is 1160. The van der Waals surface area contributed by atoms with E-state index in [-0.39, 0.29) is 23.4 Å². The van der Waals surface area contributed by atoms with Gasteiger partial charge in [-0.05, 0) is 60.4 Å². The van der Waals surface area contributed by atoms with E-state index in [2.05, 4.69) is 0 Å². The second-order valence-corrected chi connectivity index (χ2v) is 9.10. The normalized spacial score (nSPS) is 18.3.